The molecule has 4 rings (SSSR count). The van der Waals surface area contributed by atoms with Crippen molar-refractivity contribution in [1.29, 1.82) is 0 Å². The predicted molar refractivity (Wildman–Crippen MR) is 95.0 cm³/mol. The van der Waals surface area contributed by atoms with Gasteiger partial charge in [0, 0.05) is 17.0 Å². The van der Waals surface area contributed by atoms with Gasteiger partial charge in [-0.25, -0.2) is 4.79 Å². The Bertz CT molecular complexity index is 960. The van der Waals surface area contributed by atoms with Crippen LogP contribution in [0.2, 0.25) is 5.02 Å². The molecule has 0 fully saturated rings. The van der Waals surface area contributed by atoms with Crippen molar-refractivity contribution in [2.24, 2.45) is 0 Å². The van der Waals surface area contributed by atoms with E-state index in [1.807, 2.05) is 43.3 Å². The zero-order valence-electron chi connectivity index (χ0n) is 13.3. The molecular weight excluding hydrogens is 324 g/mol. The average Bonchev–Trinajstić information content (AvgIpc) is 3.08. The summed E-state index contributed by atoms with van der Waals surface area (Å²) in [6.07, 6.45) is 2.52. The van der Waals surface area contributed by atoms with Gasteiger partial charge in [0.1, 0.15) is 17.4 Å². The van der Waals surface area contributed by atoms with E-state index in [2.05, 4.69) is 0 Å². The van der Waals surface area contributed by atoms with E-state index in [1.165, 1.54) is 0 Å². The first kappa shape index (κ1) is 15.3. The molecule has 4 heteroatoms. The molecular formula is C20H17ClO3. The average molecular weight is 341 g/mol. The van der Waals surface area contributed by atoms with Gasteiger partial charge < -0.3 is 9.15 Å². The summed E-state index contributed by atoms with van der Waals surface area (Å²) in [6, 6.07) is 13.5. The van der Waals surface area contributed by atoms with Crippen molar-refractivity contribution in [1.82, 2.24) is 0 Å². The first-order chi connectivity index (χ1) is 11.6. The van der Waals surface area contributed by atoms with Gasteiger partial charge >= 0.3 is 5.63 Å². The normalized spacial score (nSPS) is 14.6. The second-order valence-corrected chi connectivity index (χ2v) is 6.56. The Kier molecular flexibility index (Phi) is 3.81. The third-order valence-corrected chi connectivity index (χ3v) is 4.89. The van der Waals surface area contributed by atoms with E-state index in [0.717, 1.165) is 41.3 Å². The van der Waals surface area contributed by atoms with Crippen LogP contribution in [0.15, 0.2) is 51.7 Å². The molecule has 0 amide bonds. The molecule has 2 aromatic carbocycles. The molecule has 3 aromatic rings. The lowest BCUT2D eigenvalue weighted by molar-refractivity contribution is 0.227. The van der Waals surface area contributed by atoms with Crippen molar-refractivity contribution in [3.8, 4) is 5.75 Å². The summed E-state index contributed by atoms with van der Waals surface area (Å²) in [5.74, 6) is 0.529. The molecule has 1 aliphatic carbocycles. The number of halogens is 1. The van der Waals surface area contributed by atoms with E-state index < -0.39 is 0 Å². The zero-order valence-corrected chi connectivity index (χ0v) is 14.1. The lowest BCUT2D eigenvalue weighted by atomic mass is 10.1. The fourth-order valence-corrected chi connectivity index (χ4v) is 3.56. The van der Waals surface area contributed by atoms with Crippen LogP contribution in [0.4, 0.5) is 0 Å². The monoisotopic (exact) mass is 340 g/mol. The van der Waals surface area contributed by atoms with Gasteiger partial charge in [0.05, 0.1) is 5.02 Å². The molecule has 0 spiro atoms. The molecule has 0 N–H and O–H groups in total. The van der Waals surface area contributed by atoms with Crippen molar-refractivity contribution in [2.45, 2.75) is 32.3 Å². The molecule has 1 aromatic heterocycles. The summed E-state index contributed by atoms with van der Waals surface area (Å²) in [6.45, 7) is 1.97. The van der Waals surface area contributed by atoms with Crippen LogP contribution in [0.25, 0.3) is 11.0 Å². The molecule has 24 heavy (non-hydrogen) atoms. The van der Waals surface area contributed by atoms with Gasteiger partial charge in [0.15, 0.2) is 0 Å². The summed E-state index contributed by atoms with van der Waals surface area (Å²) >= 11 is 6.43. The summed E-state index contributed by atoms with van der Waals surface area (Å²) in [4.78, 5) is 12.1. The molecule has 1 aliphatic rings. The highest BCUT2D eigenvalue weighted by Crippen LogP contribution is 2.36. The molecule has 1 atom stereocenters. The zero-order chi connectivity index (χ0) is 16.7. The minimum Gasteiger partial charge on any atom is -0.484 e. The second kappa shape index (κ2) is 5.99. The van der Waals surface area contributed by atoms with Crippen LogP contribution in [-0.4, -0.2) is 0 Å². The van der Waals surface area contributed by atoms with E-state index in [-0.39, 0.29) is 11.7 Å². The van der Waals surface area contributed by atoms with Gasteiger partial charge in [-0.15, -0.1) is 0 Å². The van der Waals surface area contributed by atoms with Crippen LogP contribution in [-0.2, 0) is 12.8 Å². The Balaban J connectivity index is 1.76. The fourth-order valence-electron chi connectivity index (χ4n) is 3.36. The van der Waals surface area contributed by atoms with Crippen LogP contribution in [0.1, 0.15) is 36.1 Å². The highest BCUT2D eigenvalue weighted by Gasteiger charge is 2.21. The maximum Gasteiger partial charge on any atom is 0.339 e. The summed E-state index contributed by atoms with van der Waals surface area (Å²) in [5.41, 5.74) is 3.24. The highest BCUT2D eigenvalue weighted by atomic mass is 35.5. The third kappa shape index (κ3) is 2.59. The molecule has 0 bridgehead atoms. The minimum atomic E-state index is -0.237. The number of rotatable bonds is 3. The minimum absolute atomic E-state index is 0.151. The van der Waals surface area contributed by atoms with Crippen molar-refractivity contribution in [2.75, 3.05) is 0 Å². The largest absolute Gasteiger partial charge is 0.484 e. The molecule has 1 unspecified atom stereocenters. The van der Waals surface area contributed by atoms with Crippen LogP contribution in [0, 0.1) is 0 Å². The Morgan fingerprint density at radius 3 is 2.67 bits per heavy atom. The summed E-state index contributed by atoms with van der Waals surface area (Å²) in [5, 5.41) is 1.46. The van der Waals surface area contributed by atoms with Gasteiger partial charge in [0.25, 0.3) is 0 Å². The van der Waals surface area contributed by atoms with E-state index in [0.29, 0.717) is 16.4 Å². The van der Waals surface area contributed by atoms with E-state index in [9.17, 15) is 4.79 Å². The lowest BCUT2D eigenvalue weighted by Crippen LogP contribution is -2.07. The van der Waals surface area contributed by atoms with Gasteiger partial charge in [-0.3, -0.25) is 0 Å². The molecule has 122 valence electrons. The fraction of sp³-hybridized carbons (Fsp3) is 0.250. The standard InChI is InChI=1S/C20H17ClO3/c1-12(13-6-3-2-4-7-13)23-19-11-18-16(10-17(19)21)14-8-5-9-15(14)20(22)24-18/h2-4,6-7,10-12H,5,8-9H2,1H3. The first-order valence-electron chi connectivity index (χ1n) is 8.13. The first-order valence-corrected chi connectivity index (χ1v) is 8.51. The number of aryl methyl sites for hydroxylation is 1. The maximum absolute atomic E-state index is 12.1. The Morgan fingerprint density at radius 1 is 1.12 bits per heavy atom. The summed E-state index contributed by atoms with van der Waals surface area (Å²) < 4.78 is 11.5. The van der Waals surface area contributed by atoms with Crippen molar-refractivity contribution < 1.29 is 9.15 Å². The topological polar surface area (TPSA) is 39.4 Å². The number of fused-ring (bicyclic) bond motifs is 3. The molecule has 0 aliphatic heterocycles. The third-order valence-electron chi connectivity index (χ3n) is 4.60. The SMILES string of the molecule is CC(Oc1cc2oc(=O)c3c(c2cc1Cl)CCC3)c1ccccc1. The Hall–Kier alpha value is -2.26. The highest BCUT2D eigenvalue weighted by molar-refractivity contribution is 6.32. The molecule has 0 saturated carbocycles. The Morgan fingerprint density at radius 2 is 1.88 bits per heavy atom. The van der Waals surface area contributed by atoms with E-state index >= 15 is 0 Å². The smallest absolute Gasteiger partial charge is 0.339 e. The Labute approximate surface area is 144 Å². The quantitative estimate of drug-likeness (QED) is 0.624. The molecule has 0 radical (unpaired) electrons. The van der Waals surface area contributed by atoms with Gasteiger partial charge in [-0.05, 0) is 43.4 Å². The maximum atomic E-state index is 12.1. The van der Waals surface area contributed by atoms with Crippen LogP contribution in [0.3, 0.4) is 0 Å². The van der Waals surface area contributed by atoms with Gasteiger partial charge in [-0.2, -0.15) is 0 Å². The number of hydrogen-bond donors (Lipinski definition) is 0. The number of benzene rings is 2. The summed E-state index contributed by atoms with van der Waals surface area (Å²) in [7, 11) is 0. The molecule has 0 saturated heterocycles. The number of ether oxygens (including phenoxy) is 1. The lowest BCUT2D eigenvalue weighted by Gasteiger charge is -2.17. The molecule has 3 nitrogen and oxygen atoms in total. The van der Waals surface area contributed by atoms with Crippen molar-refractivity contribution in [3.63, 3.8) is 0 Å². The van der Waals surface area contributed by atoms with Crippen molar-refractivity contribution in [3.05, 3.63) is 74.6 Å². The predicted octanol–water partition coefficient (Wildman–Crippen LogP) is 5.08. The van der Waals surface area contributed by atoms with E-state index in [1.54, 1.807) is 6.07 Å². The second-order valence-electron chi connectivity index (χ2n) is 6.15. The van der Waals surface area contributed by atoms with Crippen LogP contribution >= 0.6 is 11.6 Å². The van der Waals surface area contributed by atoms with Gasteiger partial charge in [-0.1, -0.05) is 41.9 Å². The van der Waals surface area contributed by atoms with Crippen LogP contribution in [0.5, 0.6) is 5.75 Å². The number of hydrogen-bond acceptors (Lipinski definition) is 3. The molecule has 1 heterocycles. The van der Waals surface area contributed by atoms with Gasteiger partial charge in [0.2, 0.25) is 0 Å². The van der Waals surface area contributed by atoms with Crippen LogP contribution < -0.4 is 10.4 Å². The van der Waals surface area contributed by atoms with E-state index in [4.69, 9.17) is 20.8 Å². The van der Waals surface area contributed by atoms with Crippen molar-refractivity contribution >= 4 is 22.6 Å².